The fourth-order valence-corrected chi connectivity index (χ4v) is 4.02. The molecule has 0 radical (unpaired) electrons. The molecule has 1 aliphatic heterocycles. The van der Waals surface area contributed by atoms with Crippen molar-refractivity contribution in [2.75, 3.05) is 12.0 Å². The summed E-state index contributed by atoms with van der Waals surface area (Å²) in [5.74, 6) is 1.18. The van der Waals surface area contributed by atoms with Crippen molar-refractivity contribution in [1.82, 2.24) is 14.8 Å². The summed E-state index contributed by atoms with van der Waals surface area (Å²) in [5.41, 5.74) is 2.02. The first-order chi connectivity index (χ1) is 14.0. The van der Waals surface area contributed by atoms with Gasteiger partial charge >= 0.3 is 0 Å². The number of para-hydroxylation sites is 1. The number of rotatable bonds is 4. The van der Waals surface area contributed by atoms with Crippen LogP contribution in [-0.4, -0.2) is 27.8 Å². The highest BCUT2D eigenvalue weighted by atomic mass is 35.5. The molecule has 2 aromatic carbocycles. The molecule has 3 aromatic rings. The van der Waals surface area contributed by atoms with E-state index in [1.165, 1.54) is 6.33 Å². The molecule has 1 aromatic heterocycles. The Morgan fingerprint density at radius 3 is 2.55 bits per heavy atom. The summed E-state index contributed by atoms with van der Waals surface area (Å²) in [7, 11) is 1.66. The van der Waals surface area contributed by atoms with Crippen LogP contribution in [0.1, 0.15) is 43.5 Å². The standard InChI is InChI=1S/C22H23ClN4O2/c1-14(2)21(28)26-18(15-8-10-16(23)11-9-15)12-19(27-22(26)24-13-25-27)17-6-4-5-7-20(17)29-3/h4-11,13-14,18-19H,12H2,1-3H3/t18-,19-/m1/s1. The normalized spacial score (nSPS) is 18.6. The first-order valence-corrected chi connectivity index (χ1v) is 10.00. The Labute approximate surface area is 175 Å². The Balaban J connectivity index is 1.87. The van der Waals surface area contributed by atoms with Crippen molar-refractivity contribution in [2.24, 2.45) is 5.92 Å². The van der Waals surface area contributed by atoms with Crippen molar-refractivity contribution >= 4 is 23.5 Å². The molecule has 1 amide bonds. The molecule has 4 rings (SSSR count). The molecular weight excluding hydrogens is 388 g/mol. The van der Waals surface area contributed by atoms with Crippen LogP contribution in [0.5, 0.6) is 5.75 Å². The Bertz CT molecular complexity index is 1020. The molecule has 6 nitrogen and oxygen atoms in total. The molecule has 0 aliphatic carbocycles. The molecule has 2 heterocycles. The number of methoxy groups -OCH3 is 1. The zero-order valence-corrected chi connectivity index (χ0v) is 17.4. The Hall–Kier alpha value is -2.86. The number of amides is 1. The van der Waals surface area contributed by atoms with Gasteiger partial charge in [0.1, 0.15) is 12.1 Å². The summed E-state index contributed by atoms with van der Waals surface area (Å²) in [6.07, 6.45) is 2.15. The van der Waals surface area contributed by atoms with Crippen molar-refractivity contribution in [3.8, 4) is 5.75 Å². The number of fused-ring (bicyclic) bond motifs is 1. The lowest BCUT2D eigenvalue weighted by atomic mass is 9.91. The minimum Gasteiger partial charge on any atom is -0.496 e. The minimum absolute atomic E-state index is 0.0117. The van der Waals surface area contributed by atoms with Crippen LogP contribution in [0.3, 0.4) is 0 Å². The predicted molar refractivity (Wildman–Crippen MR) is 112 cm³/mol. The number of anilines is 1. The maximum Gasteiger partial charge on any atom is 0.232 e. The molecule has 0 bridgehead atoms. The number of nitrogens with zero attached hydrogens (tertiary/aromatic N) is 4. The molecule has 29 heavy (non-hydrogen) atoms. The van der Waals surface area contributed by atoms with Crippen molar-refractivity contribution in [3.63, 3.8) is 0 Å². The van der Waals surface area contributed by atoms with Crippen LogP contribution in [-0.2, 0) is 4.79 Å². The fourth-order valence-electron chi connectivity index (χ4n) is 3.89. The first kappa shape index (κ1) is 19.5. The van der Waals surface area contributed by atoms with E-state index in [1.54, 1.807) is 12.0 Å². The van der Waals surface area contributed by atoms with Gasteiger partial charge in [-0.25, -0.2) is 4.68 Å². The van der Waals surface area contributed by atoms with Crippen molar-refractivity contribution in [2.45, 2.75) is 32.4 Å². The molecule has 0 spiro atoms. The lowest BCUT2D eigenvalue weighted by Crippen LogP contribution is -2.44. The Morgan fingerprint density at radius 1 is 1.14 bits per heavy atom. The van der Waals surface area contributed by atoms with Crippen LogP contribution < -0.4 is 9.64 Å². The van der Waals surface area contributed by atoms with Crippen LogP contribution in [0.4, 0.5) is 5.95 Å². The SMILES string of the molecule is COc1ccccc1[C@H]1C[C@H](c2ccc(Cl)cc2)N(C(=O)C(C)C)c2ncnn21. The number of carbonyl (C=O) groups is 1. The zero-order valence-electron chi connectivity index (χ0n) is 16.6. The van der Waals surface area contributed by atoms with Gasteiger partial charge in [0.25, 0.3) is 0 Å². The van der Waals surface area contributed by atoms with E-state index < -0.39 is 0 Å². The maximum atomic E-state index is 13.2. The number of aromatic nitrogens is 3. The molecule has 0 unspecified atom stereocenters. The summed E-state index contributed by atoms with van der Waals surface area (Å²) in [4.78, 5) is 19.4. The van der Waals surface area contributed by atoms with E-state index in [0.717, 1.165) is 16.9 Å². The molecular formula is C22H23ClN4O2. The monoisotopic (exact) mass is 410 g/mol. The molecule has 0 fully saturated rings. The van der Waals surface area contributed by atoms with Gasteiger partial charge in [-0.3, -0.25) is 9.69 Å². The number of hydrogen-bond donors (Lipinski definition) is 0. The Morgan fingerprint density at radius 2 is 1.86 bits per heavy atom. The second-order valence-electron chi connectivity index (χ2n) is 7.43. The molecule has 0 saturated heterocycles. The van der Waals surface area contributed by atoms with Crippen LogP contribution in [0, 0.1) is 5.92 Å². The minimum atomic E-state index is -0.186. The van der Waals surface area contributed by atoms with E-state index in [1.807, 2.05) is 67.1 Å². The lowest BCUT2D eigenvalue weighted by Gasteiger charge is -2.40. The molecule has 150 valence electrons. The Kier molecular flexibility index (Phi) is 5.28. The number of ether oxygens (including phenoxy) is 1. The lowest BCUT2D eigenvalue weighted by molar-refractivity contribution is -0.122. The summed E-state index contributed by atoms with van der Waals surface area (Å²) in [6, 6.07) is 15.3. The van der Waals surface area contributed by atoms with Crippen LogP contribution in [0.15, 0.2) is 54.9 Å². The van der Waals surface area contributed by atoms with E-state index in [4.69, 9.17) is 16.3 Å². The molecule has 7 heteroatoms. The third kappa shape index (κ3) is 3.49. The topological polar surface area (TPSA) is 60.2 Å². The van der Waals surface area contributed by atoms with E-state index in [9.17, 15) is 4.79 Å². The van der Waals surface area contributed by atoms with Gasteiger partial charge < -0.3 is 4.74 Å². The van der Waals surface area contributed by atoms with Gasteiger partial charge in [-0.1, -0.05) is 55.8 Å². The zero-order chi connectivity index (χ0) is 20.5. The highest BCUT2D eigenvalue weighted by molar-refractivity contribution is 6.30. The molecule has 0 N–H and O–H groups in total. The van der Waals surface area contributed by atoms with Crippen molar-refractivity contribution in [1.29, 1.82) is 0 Å². The van der Waals surface area contributed by atoms with Crippen LogP contribution >= 0.6 is 11.6 Å². The van der Waals surface area contributed by atoms with Crippen molar-refractivity contribution in [3.05, 3.63) is 71.0 Å². The van der Waals surface area contributed by atoms with Gasteiger partial charge in [-0.2, -0.15) is 10.1 Å². The van der Waals surface area contributed by atoms with E-state index in [2.05, 4.69) is 10.1 Å². The smallest absolute Gasteiger partial charge is 0.232 e. The van der Waals surface area contributed by atoms with Gasteiger partial charge in [0.05, 0.1) is 19.2 Å². The highest BCUT2D eigenvalue weighted by Crippen LogP contribution is 2.44. The summed E-state index contributed by atoms with van der Waals surface area (Å²) in [5, 5.41) is 5.12. The van der Waals surface area contributed by atoms with E-state index in [0.29, 0.717) is 17.4 Å². The number of benzene rings is 2. The van der Waals surface area contributed by atoms with Gasteiger partial charge in [-0.15, -0.1) is 0 Å². The summed E-state index contributed by atoms with van der Waals surface area (Å²) >= 11 is 6.10. The predicted octanol–water partition coefficient (Wildman–Crippen LogP) is 4.66. The third-order valence-corrected chi connectivity index (χ3v) is 5.56. The van der Waals surface area contributed by atoms with Crippen LogP contribution in [0.25, 0.3) is 0 Å². The molecule has 1 aliphatic rings. The molecule has 2 atom stereocenters. The van der Waals surface area contributed by atoms with Gasteiger partial charge in [-0.05, 0) is 30.2 Å². The third-order valence-electron chi connectivity index (χ3n) is 5.31. The number of hydrogen-bond acceptors (Lipinski definition) is 4. The first-order valence-electron chi connectivity index (χ1n) is 9.62. The highest BCUT2D eigenvalue weighted by Gasteiger charge is 2.40. The summed E-state index contributed by atoms with van der Waals surface area (Å²) < 4.78 is 7.42. The van der Waals surface area contributed by atoms with Gasteiger partial charge in [0.15, 0.2) is 0 Å². The van der Waals surface area contributed by atoms with Gasteiger partial charge in [0, 0.05) is 16.5 Å². The average molecular weight is 411 g/mol. The quantitative estimate of drug-likeness (QED) is 0.627. The second kappa shape index (κ2) is 7.87. The number of halogens is 1. The average Bonchev–Trinajstić information content (AvgIpc) is 3.22. The van der Waals surface area contributed by atoms with Crippen LogP contribution in [0.2, 0.25) is 5.02 Å². The maximum absolute atomic E-state index is 13.2. The largest absolute Gasteiger partial charge is 0.496 e. The summed E-state index contributed by atoms with van der Waals surface area (Å²) in [6.45, 7) is 3.79. The van der Waals surface area contributed by atoms with Gasteiger partial charge in [0.2, 0.25) is 11.9 Å². The number of carbonyl (C=O) groups excluding carboxylic acids is 1. The second-order valence-corrected chi connectivity index (χ2v) is 7.86. The van der Waals surface area contributed by atoms with E-state index in [-0.39, 0.29) is 23.9 Å². The van der Waals surface area contributed by atoms with E-state index >= 15 is 0 Å². The fraction of sp³-hybridized carbons (Fsp3) is 0.318. The van der Waals surface area contributed by atoms with Crippen molar-refractivity contribution < 1.29 is 9.53 Å². The molecule has 0 saturated carbocycles.